The van der Waals surface area contributed by atoms with Crippen LogP contribution in [0.15, 0.2) is 6.07 Å². The first-order valence-electron chi connectivity index (χ1n) is 3.88. The molecule has 14 heavy (non-hydrogen) atoms. The lowest BCUT2D eigenvalue weighted by Gasteiger charge is -2.10. The molecule has 0 aliphatic heterocycles. The maximum absolute atomic E-state index is 12.8. The molecule has 0 radical (unpaired) electrons. The van der Waals surface area contributed by atoms with Gasteiger partial charge in [-0.1, -0.05) is 0 Å². The van der Waals surface area contributed by atoms with Crippen LogP contribution >= 0.6 is 0 Å². The summed E-state index contributed by atoms with van der Waals surface area (Å²) >= 11 is 0. The molecule has 0 aromatic carbocycles. The fourth-order valence-corrected chi connectivity index (χ4v) is 0.919. The summed E-state index contributed by atoms with van der Waals surface area (Å²) in [6.45, 7) is 0.298. The molecule has 1 aromatic rings. The predicted octanol–water partition coefficient (Wildman–Crippen LogP) is 1.09. The van der Waals surface area contributed by atoms with Crippen molar-refractivity contribution in [2.75, 3.05) is 7.11 Å². The van der Waals surface area contributed by atoms with E-state index in [-0.39, 0.29) is 11.4 Å². The van der Waals surface area contributed by atoms with E-state index in [2.05, 4.69) is 10.2 Å². The molecule has 4 nitrogen and oxygen atoms in total. The van der Waals surface area contributed by atoms with Gasteiger partial charge in [-0.15, -0.1) is 10.2 Å². The number of aliphatic hydroxyl groups excluding tert-OH is 1. The molecule has 0 bridgehead atoms. The fraction of sp³-hybridized carbons (Fsp3) is 0.500. The van der Waals surface area contributed by atoms with Crippen LogP contribution in [0.25, 0.3) is 0 Å². The van der Waals surface area contributed by atoms with Crippen LogP contribution in [0, 0.1) is 0 Å². The summed E-state index contributed by atoms with van der Waals surface area (Å²) in [6, 6.07) is 1.08. The number of hydrogen-bond acceptors (Lipinski definition) is 4. The number of alkyl halides is 2. The lowest BCUT2D eigenvalue weighted by Crippen LogP contribution is -2.12. The van der Waals surface area contributed by atoms with E-state index in [1.807, 2.05) is 0 Å². The van der Waals surface area contributed by atoms with Gasteiger partial charge in [-0.2, -0.15) is 8.78 Å². The maximum atomic E-state index is 12.8. The molecule has 0 saturated heterocycles. The molecule has 1 aromatic heterocycles. The summed E-state index contributed by atoms with van der Waals surface area (Å²) < 4.78 is 30.3. The number of methoxy groups -OCH3 is 1. The zero-order valence-electron chi connectivity index (χ0n) is 7.79. The molecule has 0 unspecified atom stereocenters. The summed E-state index contributed by atoms with van der Waals surface area (Å²) in [5.74, 6) is -3.01. The molecular weight excluding hydrogens is 194 g/mol. The largest absolute Gasteiger partial charge is 0.480 e. The van der Waals surface area contributed by atoms with Crippen molar-refractivity contribution < 1.29 is 18.6 Å². The van der Waals surface area contributed by atoms with Gasteiger partial charge in [0.1, 0.15) is 5.69 Å². The monoisotopic (exact) mass is 204 g/mol. The maximum Gasteiger partial charge on any atom is 0.288 e. The van der Waals surface area contributed by atoms with Crippen LogP contribution in [-0.4, -0.2) is 22.4 Å². The minimum absolute atomic E-state index is 0.0560. The number of nitrogens with zero attached hydrogens (tertiary/aromatic N) is 2. The zero-order valence-corrected chi connectivity index (χ0v) is 7.79. The van der Waals surface area contributed by atoms with Crippen LogP contribution in [0.1, 0.15) is 18.2 Å². The van der Waals surface area contributed by atoms with Crippen LogP contribution in [0.4, 0.5) is 8.78 Å². The summed E-state index contributed by atoms with van der Waals surface area (Å²) in [5, 5.41) is 15.6. The highest BCUT2D eigenvalue weighted by Gasteiger charge is 2.27. The molecule has 0 aliphatic carbocycles. The van der Waals surface area contributed by atoms with Crippen LogP contribution in [-0.2, 0) is 12.5 Å². The number of hydrogen-bond donors (Lipinski definition) is 1. The van der Waals surface area contributed by atoms with E-state index in [9.17, 15) is 8.78 Å². The summed E-state index contributed by atoms with van der Waals surface area (Å²) in [5.41, 5.74) is -0.290. The Balaban J connectivity index is 3.14. The van der Waals surface area contributed by atoms with Gasteiger partial charge in [0.2, 0.25) is 5.88 Å². The second-order valence-electron chi connectivity index (χ2n) is 2.81. The number of aliphatic hydroxyl groups is 1. The number of ether oxygens (including phenoxy) is 1. The van der Waals surface area contributed by atoms with Gasteiger partial charge in [0.25, 0.3) is 5.92 Å². The lowest BCUT2D eigenvalue weighted by molar-refractivity contribution is 0.0114. The lowest BCUT2D eigenvalue weighted by atomic mass is 10.2. The fourth-order valence-electron chi connectivity index (χ4n) is 0.919. The van der Waals surface area contributed by atoms with Crippen molar-refractivity contribution in [2.24, 2.45) is 0 Å². The zero-order chi connectivity index (χ0) is 10.8. The van der Waals surface area contributed by atoms with Gasteiger partial charge in [0, 0.05) is 12.5 Å². The molecule has 1 heterocycles. The van der Waals surface area contributed by atoms with E-state index < -0.39 is 18.2 Å². The molecule has 0 aliphatic rings. The Morgan fingerprint density at radius 3 is 2.57 bits per heavy atom. The SMILES string of the molecule is COc1nnc(C(C)(F)F)cc1CO. The van der Waals surface area contributed by atoms with E-state index in [0.717, 1.165) is 6.07 Å². The van der Waals surface area contributed by atoms with Crippen LogP contribution in [0.5, 0.6) is 5.88 Å². The van der Waals surface area contributed by atoms with Crippen molar-refractivity contribution in [2.45, 2.75) is 19.5 Å². The predicted molar refractivity (Wildman–Crippen MR) is 44.1 cm³/mol. The third-order valence-electron chi connectivity index (χ3n) is 1.65. The van der Waals surface area contributed by atoms with Crippen LogP contribution < -0.4 is 4.74 Å². The van der Waals surface area contributed by atoms with E-state index in [1.165, 1.54) is 7.11 Å². The van der Waals surface area contributed by atoms with Crippen molar-refractivity contribution in [3.63, 3.8) is 0 Å². The van der Waals surface area contributed by atoms with Crippen molar-refractivity contribution in [1.29, 1.82) is 0 Å². The summed E-state index contributed by atoms with van der Waals surface area (Å²) in [7, 11) is 1.33. The first-order valence-corrected chi connectivity index (χ1v) is 3.88. The molecule has 0 atom stereocenters. The van der Waals surface area contributed by atoms with Crippen molar-refractivity contribution in [3.05, 3.63) is 17.3 Å². The van der Waals surface area contributed by atoms with Gasteiger partial charge in [-0.3, -0.25) is 0 Å². The van der Waals surface area contributed by atoms with E-state index in [4.69, 9.17) is 9.84 Å². The minimum atomic E-state index is -3.07. The Morgan fingerprint density at radius 1 is 1.50 bits per heavy atom. The van der Waals surface area contributed by atoms with E-state index in [0.29, 0.717) is 6.92 Å². The third-order valence-corrected chi connectivity index (χ3v) is 1.65. The average molecular weight is 204 g/mol. The van der Waals surface area contributed by atoms with Gasteiger partial charge in [-0.05, 0) is 6.07 Å². The van der Waals surface area contributed by atoms with Crippen molar-refractivity contribution in [1.82, 2.24) is 10.2 Å². The second-order valence-corrected chi connectivity index (χ2v) is 2.81. The average Bonchev–Trinajstić information content (AvgIpc) is 2.15. The number of halogens is 2. The van der Waals surface area contributed by atoms with Crippen LogP contribution in [0.3, 0.4) is 0 Å². The Hall–Kier alpha value is -1.30. The highest BCUT2D eigenvalue weighted by atomic mass is 19.3. The van der Waals surface area contributed by atoms with Gasteiger partial charge < -0.3 is 9.84 Å². The normalized spacial score (nSPS) is 11.5. The molecular formula is C8H10F2N2O2. The molecule has 0 fully saturated rings. The minimum Gasteiger partial charge on any atom is -0.480 e. The van der Waals surface area contributed by atoms with Crippen LogP contribution in [0.2, 0.25) is 0 Å². The molecule has 1 N–H and O–H groups in total. The van der Waals surface area contributed by atoms with Gasteiger partial charge in [0.05, 0.1) is 13.7 Å². The van der Waals surface area contributed by atoms with E-state index in [1.54, 1.807) is 0 Å². The molecule has 78 valence electrons. The highest BCUT2D eigenvalue weighted by molar-refractivity contribution is 5.26. The Morgan fingerprint density at radius 2 is 2.14 bits per heavy atom. The standard InChI is InChI=1S/C8H10F2N2O2/c1-8(9,10)6-3-5(4-13)7(14-2)12-11-6/h3,13H,4H2,1-2H3. The summed E-state index contributed by atoms with van der Waals surface area (Å²) in [4.78, 5) is 0. The Bertz CT molecular complexity index is 326. The van der Waals surface area contributed by atoms with Gasteiger partial charge >= 0.3 is 0 Å². The second kappa shape index (κ2) is 3.83. The van der Waals surface area contributed by atoms with E-state index >= 15 is 0 Å². The third kappa shape index (κ3) is 2.14. The first kappa shape index (κ1) is 10.8. The Kier molecular flexibility index (Phi) is 2.95. The molecule has 0 spiro atoms. The molecule has 0 saturated carbocycles. The van der Waals surface area contributed by atoms with Gasteiger partial charge in [0.15, 0.2) is 0 Å². The first-order chi connectivity index (χ1) is 6.49. The summed E-state index contributed by atoms with van der Waals surface area (Å²) in [6.07, 6.45) is 0. The highest BCUT2D eigenvalue weighted by Crippen LogP contribution is 2.27. The Labute approximate surface area is 79.5 Å². The smallest absolute Gasteiger partial charge is 0.288 e. The topological polar surface area (TPSA) is 55.2 Å². The van der Waals surface area contributed by atoms with Crippen molar-refractivity contribution in [3.8, 4) is 5.88 Å². The number of aromatic nitrogens is 2. The quantitative estimate of drug-likeness (QED) is 0.800. The van der Waals surface area contributed by atoms with Crippen molar-refractivity contribution >= 4 is 0 Å². The molecule has 0 amide bonds. The molecule has 1 rings (SSSR count). The molecule has 6 heteroatoms. The number of rotatable bonds is 3. The van der Waals surface area contributed by atoms with Gasteiger partial charge in [-0.25, -0.2) is 0 Å².